The zero-order chi connectivity index (χ0) is 12.3. The molecular weight excluding hydrogens is 228 g/mol. The van der Waals surface area contributed by atoms with Gasteiger partial charge >= 0.3 is 0 Å². The molecule has 0 aliphatic carbocycles. The molecule has 17 heavy (non-hydrogen) atoms. The van der Waals surface area contributed by atoms with Gasteiger partial charge in [-0.05, 0) is 24.5 Å². The van der Waals surface area contributed by atoms with Crippen molar-refractivity contribution in [3.8, 4) is 0 Å². The Morgan fingerprint density at radius 3 is 2.71 bits per heavy atom. The molecule has 0 atom stereocenters. The van der Waals surface area contributed by atoms with Crippen LogP contribution in [0.3, 0.4) is 0 Å². The molecule has 2 nitrogen and oxygen atoms in total. The van der Waals surface area contributed by atoms with Crippen LogP contribution in [0.5, 0.6) is 0 Å². The molecule has 1 aromatic heterocycles. The lowest BCUT2D eigenvalue weighted by Gasteiger charge is -2.14. The minimum absolute atomic E-state index is 0.543. The van der Waals surface area contributed by atoms with Gasteiger partial charge in [0.25, 0.3) is 0 Å². The minimum Gasteiger partial charge on any atom is -0.380 e. The Bertz CT molecular complexity index is 488. The molecule has 2 rings (SSSR count). The molecule has 2 aromatic rings. The molecule has 0 fully saturated rings. The molecule has 0 saturated carbocycles. The van der Waals surface area contributed by atoms with E-state index in [0.717, 1.165) is 12.2 Å². The summed E-state index contributed by atoms with van der Waals surface area (Å²) in [7, 11) is 0. The molecule has 90 valence electrons. The van der Waals surface area contributed by atoms with Crippen LogP contribution in [0, 0.1) is 6.92 Å². The van der Waals surface area contributed by atoms with Crippen molar-refractivity contribution in [2.45, 2.75) is 33.2 Å². The zero-order valence-corrected chi connectivity index (χ0v) is 11.3. The summed E-state index contributed by atoms with van der Waals surface area (Å²) in [5.74, 6) is 0.543. The highest BCUT2D eigenvalue weighted by Gasteiger charge is 2.06. The van der Waals surface area contributed by atoms with Crippen LogP contribution in [-0.2, 0) is 6.54 Å². The Labute approximate surface area is 107 Å². The molecule has 3 heteroatoms. The smallest absolute Gasteiger partial charge is 0.0798 e. The van der Waals surface area contributed by atoms with E-state index in [0.29, 0.717) is 5.92 Å². The third kappa shape index (κ3) is 2.86. The third-order valence-electron chi connectivity index (χ3n) is 2.87. The molecule has 0 saturated heterocycles. The van der Waals surface area contributed by atoms with E-state index in [4.69, 9.17) is 0 Å². The highest BCUT2D eigenvalue weighted by atomic mass is 32.1. The highest BCUT2D eigenvalue weighted by Crippen LogP contribution is 2.24. The van der Waals surface area contributed by atoms with Gasteiger partial charge in [0, 0.05) is 10.6 Å². The number of anilines is 1. The van der Waals surface area contributed by atoms with Gasteiger partial charge in [-0.3, -0.25) is 0 Å². The van der Waals surface area contributed by atoms with E-state index in [9.17, 15) is 0 Å². The van der Waals surface area contributed by atoms with E-state index in [1.807, 2.05) is 5.51 Å². The molecule has 1 heterocycles. The van der Waals surface area contributed by atoms with Crippen LogP contribution in [0.4, 0.5) is 5.69 Å². The monoisotopic (exact) mass is 246 g/mol. The lowest BCUT2D eigenvalue weighted by atomic mass is 10.0. The molecule has 1 N–H and O–H groups in total. The number of para-hydroxylation sites is 1. The van der Waals surface area contributed by atoms with Gasteiger partial charge in [-0.2, -0.15) is 0 Å². The van der Waals surface area contributed by atoms with Crippen LogP contribution in [-0.4, -0.2) is 4.98 Å². The number of hydrogen-bond donors (Lipinski definition) is 1. The summed E-state index contributed by atoms with van der Waals surface area (Å²) in [6.45, 7) is 7.36. The third-order valence-corrected chi connectivity index (χ3v) is 3.80. The van der Waals surface area contributed by atoms with Crippen molar-refractivity contribution < 1.29 is 0 Å². The Balaban J connectivity index is 2.11. The van der Waals surface area contributed by atoms with Gasteiger partial charge in [-0.15, -0.1) is 11.3 Å². The first-order valence-electron chi connectivity index (χ1n) is 5.90. The second kappa shape index (κ2) is 5.32. The summed E-state index contributed by atoms with van der Waals surface area (Å²) in [5.41, 5.74) is 5.63. The van der Waals surface area contributed by atoms with Gasteiger partial charge in [-0.25, -0.2) is 4.98 Å². The Hall–Kier alpha value is -1.35. The van der Waals surface area contributed by atoms with Crippen molar-refractivity contribution in [3.63, 3.8) is 0 Å². The Morgan fingerprint density at radius 2 is 2.06 bits per heavy atom. The fourth-order valence-electron chi connectivity index (χ4n) is 1.83. The number of nitrogens with zero attached hydrogens (tertiary/aromatic N) is 1. The number of aromatic nitrogens is 1. The molecule has 1 aromatic carbocycles. The van der Waals surface area contributed by atoms with Gasteiger partial charge in [0.2, 0.25) is 0 Å². The number of aryl methyl sites for hydroxylation is 1. The fraction of sp³-hybridized carbons (Fsp3) is 0.357. The maximum absolute atomic E-state index is 4.26. The van der Waals surface area contributed by atoms with Crippen LogP contribution < -0.4 is 5.32 Å². The van der Waals surface area contributed by atoms with Gasteiger partial charge < -0.3 is 5.32 Å². The largest absolute Gasteiger partial charge is 0.380 e. The number of nitrogens with one attached hydrogen (secondary N) is 1. The number of thiazole rings is 1. The van der Waals surface area contributed by atoms with Crippen molar-refractivity contribution in [1.29, 1.82) is 0 Å². The average molecular weight is 246 g/mol. The van der Waals surface area contributed by atoms with Crippen LogP contribution >= 0.6 is 11.3 Å². The van der Waals surface area contributed by atoms with E-state index in [2.05, 4.69) is 55.3 Å². The van der Waals surface area contributed by atoms with Gasteiger partial charge in [0.1, 0.15) is 0 Å². The maximum Gasteiger partial charge on any atom is 0.0798 e. The van der Waals surface area contributed by atoms with E-state index in [-0.39, 0.29) is 0 Å². The van der Waals surface area contributed by atoms with Crippen molar-refractivity contribution >= 4 is 17.0 Å². The molecule has 0 spiro atoms. The average Bonchev–Trinajstić information content (AvgIpc) is 2.72. The molecular formula is C14H18N2S. The summed E-state index contributed by atoms with van der Waals surface area (Å²) >= 11 is 1.71. The SMILES string of the molecule is Cc1ncsc1CNc1ccccc1C(C)C. The molecule has 0 aliphatic rings. The molecule has 0 bridgehead atoms. The predicted octanol–water partition coefficient (Wildman–Crippen LogP) is 4.19. The predicted molar refractivity (Wildman–Crippen MR) is 74.7 cm³/mol. The summed E-state index contributed by atoms with van der Waals surface area (Å²) in [5, 5.41) is 3.51. The van der Waals surface area contributed by atoms with Gasteiger partial charge in [0.15, 0.2) is 0 Å². The number of rotatable bonds is 4. The van der Waals surface area contributed by atoms with Crippen molar-refractivity contribution in [1.82, 2.24) is 4.98 Å². The maximum atomic E-state index is 4.26. The van der Waals surface area contributed by atoms with Crippen molar-refractivity contribution in [2.24, 2.45) is 0 Å². The molecule has 0 amide bonds. The first-order chi connectivity index (χ1) is 8.18. The first kappa shape index (κ1) is 12.1. The molecule has 0 radical (unpaired) electrons. The molecule has 0 aliphatic heterocycles. The number of hydrogen-bond acceptors (Lipinski definition) is 3. The Kier molecular flexibility index (Phi) is 3.79. The van der Waals surface area contributed by atoms with E-state index >= 15 is 0 Å². The minimum atomic E-state index is 0.543. The summed E-state index contributed by atoms with van der Waals surface area (Å²) < 4.78 is 0. The van der Waals surface area contributed by atoms with Gasteiger partial charge in [0.05, 0.1) is 17.7 Å². The normalized spacial score (nSPS) is 10.8. The number of benzene rings is 1. The summed E-state index contributed by atoms with van der Waals surface area (Å²) in [6, 6.07) is 8.50. The lowest BCUT2D eigenvalue weighted by molar-refractivity contribution is 0.865. The van der Waals surface area contributed by atoms with E-state index in [1.165, 1.54) is 16.1 Å². The van der Waals surface area contributed by atoms with Crippen LogP contribution in [0.25, 0.3) is 0 Å². The van der Waals surface area contributed by atoms with Crippen LogP contribution in [0.2, 0.25) is 0 Å². The zero-order valence-electron chi connectivity index (χ0n) is 10.5. The standard InChI is InChI=1S/C14H18N2S/c1-10(2)12-6-4-5-7-13(12)15-8-14-11(3)16-9-17-14/h4-7,9-10,15H,8H2,1-3H3. The van der Waals surface area contributed by atoms with E-state index < -0.39 is 0 Å². The van der Waals surface area contributed by atoms with Crippen molar-refractivity contribution in [3.05, 3.63) is 45.9 Å². The first-order valence-corrected chi connectivity index (χ1v) is 6.78. The summed E-state index contributed by atoms with van der Waals surface area (Å²) in [4.78, 5) is 5.57. The lowest BCUT2D eigenvalue weighted by Crippen LogP contribution is -2.03. The summed E-state index contributed by atoms with van der Waals surface area (Å²) in [6.07, 6.45) is 0. The van der Waals surface area contributed by atoms with Crippen LogP contribution in [0.15, 0.2) is 29.8 Å². The van der Waals surface area contributed by atoms with Gasteiger partial charge in [-0.1, -0.05) is 32.0 Å². The fourth-order valence-corrected chi connectivity index (χ4v) is 2.55. The Morgan fingerprint density at radius 1 is 1.29 bits per heavy atom. The van der Waals surface area contributed by atoms with Crippen molar-refractivity contribution in [2.75, 3.05) is 5.32 Å². The van der Waals surface area contributed by atoms with Crippen LogP contribution in [0.1, 0.15) is 35.9 Å². The molecule has 0 unspecified atom stereocenters. The quantitative estimate of drug-likeness (QED) is 0.875. The van der Waals surface area contributed by atoms with E-state index in [1.54, 1.807) is 11.3 Å². The highest BCUT2D eigenvalue weighted by molar-refractivity contribution is 7.09. The second-order valence-electron chi connectivity index (χ2n) is 4.46. The topological polar surface area (TPSA) is 24.9 Å². The second-order valence-corrected chi connectivity index (χ2v) is 5.40.